The predicted molar refractivity (Wildman–Crippen MR) is 169 cm³/mol. The number of nitrogens with one attached hydrogen (secondary N) is 1. The maximum atomic E-state index is 17.1. The van der Waals surface area contributed by atoms with Crippen LogP contribution in [0.5, 0.6) is 6.01 Å². The second kappa shape index (κ2) is 11.2. The highest BCUT2D eigenvalue weighted by Gasteiger charge is 2.49. The lowest BCUT2D eigenvalue weighted by Crippen LogP contribution is -2.58. The minimum absolute atomic E-state index is 0.0190. The first-order valence-corrected chi connectivity index (χ1v) is 16.4. The van der Waals surface area contributed by atoms with Crippen LogP contribution in [0.1, 0.15) is 55.2 Å². The maximum Gasteiger partial charge on any atom is 0.418 e. The zero-order chi connectivity index (χ0) is 34.7. The summed E-state index contributed by atoms with van der Waals surface area (Å²) in [5.74, 6) is -3.21. The molecule has 8 rings (SSSR count). The van der Waals surface area contributed by atoms with E-state index in [4.69, 9.17) is 27.1 Å². The first-order chi connectivity index (χ1) is 23.2. The van der Waals surface area contributed by atoms with Crippen LogP contribution in [-0.2, 0) is 6.18 Å². The van der Waals surface area contributed by atoms with Crippen molar-refractivity contribution >= 4 is 39.7 Å². The van der Waals surface area contributed by atoms with Crippen molar-refractivity contribution < 1.29 is 35.5 Å². The number of aromatic nitrogens is 3. The molecule has 0 aliphatic carbocycles. The molecular formula is C33H31ClF7N7O. The standard InChI is InChI=1S/C33H31ClF7N7O/c1-13-8-18-17-5-4-16(43-17)11-48(18)30-20-19(13)23(34)21(26-22(33(39,40)41)14(2)24(35)29(42)44-26)25(36)27(20)45-31(46-30)49-12-32-6-3-7-47(32)10-15(9-32)28(37)38/h16-18,43H,1,3-12H2,2H3,(H2,42,44)/t16-,17+,18-,32+/m1/s1. The molecule has 3 N–H and O–H groups in total. The van der Waals surface area contributed by atoms with E-state index in [0.29, 0.717) is 31.5 Å². The normalized spacial score (nSPS) is 26.4. The van der Waals surface area contributed by atoms with Gasteiger partial charge in [0, 0.05) is 47.9 Å². The molecule has 2 bridgehead atoms. The first kappa shape index (κ1) is 32.5. The summed E-state index contributed by atoms with van der Waals surface area (Å²) in [5.41, 5.74) is 1.05. The number of hydrogen-bond acceptors (Lipinski definition) is 8. The Morgan fingerprint density at radius 2 is 1.92 bits per heavy atom. The number of anilines is 2. The molecule has 0 saturated carbocycles. The molecule has 1 aromatic carbocycles. The second-order valence-electron chi connectivity index (χ2n) is 13.7. The Bertz CT molecular complexity index is 1980. The predicted octanol–water partition coefficient (Wildman–Crippen LogP) is 7.03. The number of pyridine rings is 1. The summed E-state index contributed by atoms with van der Waals surface area (Å²) in [6.07, 6.45) is -3.35. The summed E-state index contributed by atoms with van der Waals surface area (Å²) in [6.45, 7) is 6.26. The zero-order valence-corrected chi connectivity index (χ0v) is 27.0. The fraction of sp³-hybridized carbons (Fsp3) is 0.485. The van der Waals surface area contributed by atoms with Crippen molar-refractivity contribution in [2.45, 2.75) is 75.3 Å². The number of nitrogen functional groups attached to an aromatic ring is 1. The molecule has 4 fully saturated rings. The summed E-state index contributed by atoms with van der Waals surface area (Å²) in [7, 11) is 0. The number of fused-ring (bicyclic) bond motifs is 6. The average Bonchev–Trinajstić information content (AvgIpc) is 3.70. The van der Waals surface area contributed by atoms with Gasteiger partial charge in [-0.2, -0.15) is 31.9 Å². The Morgan fingerprint density at radius 1 is 1.14 bits per heavy atom. The molecule has 0 spiro atoms. The third-order valence-corrected chi connectivity index (χ3v) is 11.3. The van der Waals surface area contributed by atoms with Crippen LogP contribution in [0.4, 0.5) is 42.4 Å². The lowest BCUT2D eigenvalue weighted by Gasteiger charge is -2.41. The second-order valence-corrected chi connectivity index (χ2v) is 14.1. The summed E-state index contributed by atoms with van der Waals surface area (Å²) in [6, 6.07) is -0.348. The molecule has 5 aliphatic rings. The van der Waals surface area contributed by atoms with Gasteiger partial charge in [0.05, 0.1) is 32.8 Å². The van der Waals surface area contributed by atoms with Crippen molar-refractivity contribution in [1.29, 1.82) is 0 Å². The molecule has 49 heavy (non-hydrogen) atoms. The molecule has 260 valence electrons. The Balaban J connectivity index is 1.35. The van der Waals surface area contributed by atoms with Crippen molar-refractivity contribution in [3.8, 4) is 17.3 Å². The van der Waals surface area contributed by atoms with Crippen LogP contribution >= 0.6 is 11.6 Å². The van der Waals surface area contributed by atoms with Crippen molar-refractivity contribution in [2.24, 2.45) is 0 Å². The van der Waals surface area contributed by atoms with E-state index >= 15 is 4.39 Å². The molecular weight excluding hydrogens is 679 g/mol. The summed E-state index contributed by atoms with van der Waals surface area (Å²) in [4.78, 5) is 16.8. The molecule has 5 aliphatic heterocycles. The topological polar surface area (TPSA) is 92.4 Å². The molecule has 2 aromatic heterocycles. The van der Waals surface area contributed by atoms with Crippen molar-refractivity contribution in [3.63, 3.8) is 0 Å². The number of nitrogens with two attached hydrogens (primary N) is 1. The molecule has 8 nitrogen and oxygen atoms in total. The van der Waals surface area contributed by atoms with Gasteiger partial charge < -0.3 is 20.7 Å². The van der Waals surface area contributed by atoms with E-state index in [2.05, 4.69) is 21.9 Å². The molecule has 0 unspecified atom stereocenters. The van der Waals surface area contributed by atoms with Crippen LogP contribution in [0.2, 0.25) is 5.02 Å². The van der Waals surface area contributed by atoms with Gasteiger partial charge in [-0.05, 0) is 57.6 Å². The van der Waals surface area contributed by atoms with Crippen molar-refractivity contribution in [2.75, 3.05) is 36.9 Å². The van der Waals surface area contributed by atoms with Gasteiger partial charge in [0.1, 0.15) is 17.9 Å². The zero-order valence-electron chi connectivity index (χ0n) is 26.3. The summed E-state index contributed by atoms with van der Waals surface area (Å²) >= 11 is 6.90. The molecule has 3 aromatic rings. The summed E-state index contributed by atoms with van der Waals surface area (Å²) < 4.78 is 109. The number of rotatable bonds is 4. The Morgan fingerprint density at radius 3 is 2.65 bits per heavy atom. The fourth-order valence-electron chi connectivity index (χ4n) is 8.72. The van der Waals surface area contributed by atoms with Crippen LogP contribution in [0.3, 0.4) is 0 Å². The van der Waals surface area contributed by atoms with Crippen molar-refractivity contribution in [3.05, 3.63) is 51.6 Å². The van der Waals surface area contributed by atoms with Gasteiger partial charge in [-0.3, -0.25) is 4.90 Å². The van der Waals surface area contributed by atoms with Gasteiger partial charge in [-0.15, -0.1) is 0 Å². The van der Waals surface area contributed by atoms with Crippen LogP contribution in [0.15, 0.2) is 18.2 Å². The van der Waals surface area contributed by atoms with E-state index in [1.807, 2.05) is 9.80 Å². The van der Waals surface area contributed by atoms with Gasteiger partial charge in [-0.25, -0.2) is 13.8 Å². The number of piperazine rings is 1. The van der Waals surface area contributed by atoms with E-state index in [9.17, 15) is 26.3 Å². The first-order valence-electron chi connectivity index (χ1n) is 16.1. The maximum absolute atomic E-state index is 17.1. The SMILES string of the molecule is C=C1C[C@@H]2[C@@H]3CC[C@H](CN2c2nc(OC[C@@]45CCCN4CC(=C(F)F)C5)nc4c(F)c(-c5nc(N)c(F)c(C)c5C(F)(F)F)c(Cl)c1c24)N3. The third kappa shape index (κ3) is 4.89. The van der Waals surface area contributed by atoms with E-state index in [1.165, 1.54) is 0 Å². The quantitative estimate of drug-likeness (QED) is 0.279. The van der Waals surface area contributed by atoms with Crippen LogP contribution in [-0.4, -0.2) is 69.8 Å². The van der Waals surface area contributed by atoms with E-state index in [0.717, 1.165) is 26.2 Å². The lowest BCUT2D eigenvalue weighted by molar-refractivity contribution is -0.137. The highest BCUT2D eigenvalue weighted by atomic mass is 35.5. The molecule has 7 heterocycles. The van der Waals surface area contributed by atoms with Gasteiger partial charge in [-0.1, -0.05) is 18.2 Å². The van der Waals surface area contributed by atoms with E-state index in [1.54, 1.807) is 0 Å². The van der Waals surface area contributed by atoms with E-state index < -0.39 is 62.7 Å². The Hall–Kier alpha value is -3.69. The number of halogens is 8. The largest absolute Gasteiger partial charge is 0.461 e. The monoisotopic (exact) mass is 709 g/mol. The molecule has 4 atom stereocenters. The molecule has 4 saturated heterocycles. The summed E-state index contributed by atoms with van der Waals surface area (Å²) in [5, 5.41) is 3.34. The fourth-order valence-corrected chi connectivity index (χ4v) is 9.12. The van der Waals surface area contributed by atoms with Crippen LogP contribution in [0.25, 0.3) is 27.7 Å². The van der Waals surface area contributed by atoms with Crippen molar-refractivity contribution in [1.82, 2.24) is 25.2 Å². The molecule has 0 radical (unpaired) electrons. The number of alkyl halides is 3. The minimum Gasteiger partial charge on any atom is -0.461 e. The van der Waals surface area contributed by atoms with Gasteiger partial charge in [0.25, 0.3) is 6.08 Å². The number of hydrogen-bond donors (Lipinski definition) is 2. The number of ether oxygens (including phenoxy) is 1. The van der Waals surface area contributed by atoms with Gasteiger partial charge >= 0.3 is 12.2 Å². The van der Waals surface area contributed by atoms with E-state index in [-0.39, 0.29) is 71.6 Å². The Labute approximate surface area is 281 Å². The molecule has 16 heteroatoms. The smallest absolute Gasteiger partial charge is 0.418 e. The minimum atomic E-state index is -5.16. The highest BCUT2D eigenvalue weighted by molar-refractivity contribution is 6.37. The number of nitrogens with zero attached hydrogens (tertiary/aromatic N) is 5. The highest BCUT2D eigenvalue weighted by Crippen LogP contribution is 2.52. The van der Waals surface area contributed by atoms with Gasteiger partial charge in [0.15, 0.2) is 17.5 Å². The van der Waals surface area contributed by atoms with Gasteiger partial charge in [0.2, 0.25) is 0 Å². The lowest BCUT2D eigenvalue weighted by atomic mass is 9.91. The van der Waals surface area contributed by atoms with Crippen LogP contribution < -0.4 is 20.7 Å². The number of benzene rings is 1. The third-order valence-electron chi connectivity index (χ3n) is 10.9. The van der Waals surface area contributed by atoms with Crippen LogP contribution in [0, 0.1) is 18.6 Å². The Kier molecular flexibility index (Phi) is 7.40. The average molecular weight is 710 g/mol. The molecule has 0 amide bonds.